The molecule has 1 saturated heterocycles. The van der Waals surface area contributed by atoms with E-state index in [0.29, 0.717) is 0 Å². The van der Waals surface area contributed by atoms with Crippen molar-refractivity contribution in [3.63, 3.8) is 0 Å². The highest BCUT2D eigenvalue weighted by atomic mass is 19.4. The Hall–Kier alpha value is -0.740. The zero-order valence-corrected chi connectivity index (χ0v) is 8.97. The van der Waals surface area contributed by atoms with Crippen LogP contribution in [0.15, 0.2) is 0 Å². The molecule has 5 heteroatoms. The smallest absolute Gasteiger partial charge is 0.337 e. The van der Waals surface area contributed by atoms with Gasteiger partial charge in [-0.3, -0.25) is 4.79 Å². The summed E-state index contributed by atoms with van der Waals surface area (Å²) in [5.41, 5.74) is 0. The summed E-state index contributed by atoms with van der Waals surface area (Å²) in [5, 5.41) is 0. The highest BCUT2D eigenvalue weighted by Gasteiger charge is 2.34. The molecule has 1 rings (SSSR count). The normalized spacial score (nSPS) is 27.1. The van der Waals surface area contributed by atoms with E-state index in [1.54, 1.807) is 4.90 Å². The van der Waals surface area contributed by atoms with Gasteiger partial charge in [-0.15, -0.1) is 0 Å². The number of alkyl halides is 3. The second-order valence-electron chi connectivity index (χ2n) is 4.19. The van der Waals surface area contributed by atoms with Crippen molar-refractivity contribution in [1.29, 1.82) is 0 Å². The van der Waals surface area contributed by atoms with E-state index in [-0.39, 0.29) is 18.0 Å². The minimum Gasteiger partial charge on any atom is -0.337 e. The van der Waals surface area contributed by atoms with E-state index in [4.69, 9.17) is 0 Å². The van der Waals surface area contributed by atoms with Gasteiger partial charge in [0.05, 0.1) is 6.42 Å². The highest BCUT2D eigenvalue weighted by molar-refractivity contribution is 5.77. The first kappa shape index (κ1) is 12.3. The molecule has 0 N–H and O–H groups in total. The molecule has 0 aliphatic carbocycles. The molecule has 0 aromatic rings. The number of amides is 1. The van der Waals surface area contributed by atoms with Gasteiger partial charge in [0, 0.05) is 18.5 Å². The Balaban J connectivity index is 2.46. The number of nitrogens with zero attached hydrogens (tertiary/aromatic N) is 1. The number of carbonyl (C=O) groups is 1. The quantitative estimate of drug-likeness (QED) is 0.704. The van der Waals surface area contributed by atoms with E-state index in [0.717, 1.165) is 12.8 Å². The van der Waals surface area contributed by atoms with Gasteiger partial charge in [0.1, 0.15) is 0 Å². The largest absolute Gasteiger partial charge is 0.389 e. The lowest BCUT2D eigenvalue weighted by atomic mass is 10.2. The molecular formula is C10H16F3NO. The molecule has 88 valence electrons. The number of carbonyl (C=O) groups excluding carboxylic acids is 1. The molecule has 2 unspecified atom stereocenters. The first-order valence-corrected chi connectivity index (χ1v) is 5.19. The van der Waals surface area contributed by atoms with Crippen LogP contribution in [0.2, 0.25) is 0 Å². The lowest BCUT2D eigenvalue weighted by molar-refractivity contribution is -0.150. The summed E-state index contributed by atoms with van der Waals surface area (Å²) in [6.07, 6.45) is -3.89. The fraction of sp³-hybridized carbons (Fsp3) is 0.900. The lowest BCUT2D eigenvalue weighted by Gasteiger charge is -2.26. The van der Waals surface area contributed by atoms with Gasteiger partial charge in [0.2, 0.25) is 5.91 Å². The molecule has 1 aliphatic heterocycles. The summed E-state index contributed by atoms with van der Waals surface area (Å²) < 4.78 is 35.8. The third-order valence-electron chi connectivity index (χ3n) is 2.86. The van der Waals surface area contributed by atoms with Crippen molar-refractivity contribution in [1.82, 2.24) is 4.90 Å². The summed E-state index contributed by atoms with van der Waals surface area (Å²) >= 11 is 0. The van der Waals surface area contributed by atoms with Crippen molar-refractivity contribution < 1.29 is 18.0 Å². The number of likely N-dealkylation sites (tertiary alicyclic amines) is 1. The molecule has 0 aromatic carbocycles. The SMILES string of the molecule is CC1CCC(C)N1C(=O)CCC(F)(F)F. The van der Waals surface area contributed by atoms with Crippen molar-refractivity contribution in [2.24, 2.45) is 0 Å². The highest BCUT2D eigenvalue weighted by Crippen LogP contribution is 2.27. The van der Waals surface area contributed by atoms with Crippen LogP contribution in [0.5, 0.6) is 0 Å². The maximum absolute atomic E-state index is 11.9. The molecule has 0 spiro atoms. The minimum absolute atomic E-state index is 0.0840. The second kappa shape index (κ2) is 4.41. The van der Waals surface area contributed by atoms with E-state index in [9.17, 15) is 18.0 Å². The number of hydrogen-bond donors (Lipinski definition) is 0. The van der Waals surface area contributed by atoms with Gasteiger partial charge < -0.3 is 4.90 Å². The number of halogens is 3. The van der Waals surface area contributed by atoms with Crippen LogP contribution in [-0.2, 0) is 4.79 Å². The van der Waals surface area contributed by atoms with Crippen molar-refractivity contribution in [2.75, 3.05) is 0 Å². The molecule has 1 heterocycles. The van der Waals surface area contributed by atoms with Crippen LogP contribution in [0.25, 0.3) is 0 Å². The van der Waals surface area contributed by atoms with E-state index in [1.807, 2.05) is 13.8 Å². The third-order valence-corrected chi connectivity index (χ3v) is 2.86. The molecule has 2 nitrogen and oxygen atoms in total. The van der Waals surface area contributed by atoms with E-state index < -0.39 is 19.0 Å². The molecule has 1 aliphatic rings. The van der Waals surface area contributed by atoms with Crippen molar-refractivity contribution >= 4 is 5.91 Å². The van der Waals surface area contributed by atoms with Crippen LogP contribution < -0.4 is 0 Å². The predicted molar refractivity (Wildman–Crippen MR) is 50.3 cm³/mol. The van der Waals surface area contributed by atoms with Crippen LogP contribution in [0.4, 0.5) is 13.2 Å². The summed E-state index contributed by atoms with van der Waals surface area (Å²) in [6.45, 7) is 3.77. The standard InChI is InChI=1S/C10H16F3NO/c1-7-3-4-8(2)14(7)9(15)5-6-10(11,12)13/h7-8H,3-6H2,1-2H3. The maximum Gasteiger partial charge on any atom is 0.389 e. The Morgan fingerprint density at radius 2 is 1.73 bits per heavy atom. The number of hydrogen-bond acceptors (Lipinski definition) is 1. The van der Waals surface area contributed by atoms with Gasteiger partial charge in [-0.25, -0.2) is 0 Å². The molecule has 0 bridgehead atoms. The molecule has 2 atom stereocenters. The van der Waals surface area contributed by atoms with Gasteiger partial charge in [0.25, 0.3) is 0 Å². The van der Waals surface area contributed by atoms with Crippen LogP contribution in [0, 0.1) is 0 Å². The Morgan fingerprint density at radius 1 is 1.27 bits per heavy atom. The van der Waals surface area contributed by atoms with E-state index >= 15 is 0 Å². The average molecular weight is 223 g/mol. The fourth-order valence-electron chi connectivity index (χ4n) is 2.06. The summed E-state index contributed by atoms with van der Waals surface area (Å²) in [4.78, 5) is 13.1. The van der Waals surface area contributed by atoms with E-state index in [2.05, 4.69) is 0 Å². The molecule has 1 fully saturated rings. The summed E-state index contributed by atoms with van der Waals surface area (Å²) in [5.74, 6) is -0.371. The van der Waals surface area contributed by atoms with Gasteiger partial charge in [-0.1, -0.05) is 0 Å². The average Bonchev–Trinajstić information content (AvgIpc) is 2.41. The Morgan fingerprint density at radius 3 is 2.13 bits per heavy atom. The third kappa shape index (κ3) is 3.39. The van der Waals surface area contributed by atoms with Crippen LogP contribution >= 0.6 is 0 Å². The van der Waals surface area contributed by atoms with Gasteiger partial charge in [-0.05, 0) is 26.7 Å². The zero-order chi connectivity index (χ0) is 11.6. The van der Waals surface area contributed by atoms with Gasteiger partial charge in [-0.2, -0.15) is 13.2 Å². The first-order chi connectivity index (χ1) is 6.81. The first-order valence-electron chi connectivity index (χ1n) is 5.19. The van der Waals surface area contributed by atoms with Crippen LogP contribution in [-0.4, -0.2) is 29.1 Å². The molecule has 0 saturated carbocycles. The molecule has 0 aromatic heterocycles. The van der Waals surface area contributed by atoms with Gasteiger partial charge in [0.15, 0.2) is 0 Å². The lowest BCUT2D eigenvalue weighted by Crippen LogP contribution is -2.38. The predicted octanol–water partition coefficient (Wildman–Crippen LogP) is 2.73. The Kier molecular flexibility index (Phi) is 3.62. The van der Waals surface area contributed by atoms with Crippen molar-refractivity contribution in [3.05, 3.63) is 0 Å². The van der Waals surface area contributed by atoms with Crippen molar-refractivity contribution in [2.45, 2.75) is 57.8 Å². The maximum atomic E-state index is 11.9. The molecule has 15 heavy (non-hydrogen) atoms. The Labute approximate surface area is 87.4 Å². The Bertz CT molecular complexity index is 229. The number of rotatable bonds is 2. The fourth-order valence-corrected chi connectivity index (χ4v) is 2.06. The van der Waals surface area contributed by atoms with Crippen LogP contribution in [0.3, 0.4) is 0 Å². The zero-order valence-electron chi connectivity index (χ0n) is 8.97. The molecule has 1 amide bonds. The summed E-state index contributed by atoms with van der Waals surface area (Å²) in [6, 6.07) is 0.168. The van der Waals surface area contributed by atoms with Gasteiger partial charge >= 0.3 is 6.18 Å². The molecule has 0 radical (unpaired) electrons. The molecular weight excluding hydrogens is 207 g/mol. The topological polar surface area (TPSA) is 20.3 Å². The second-order valence-corrected chi connectivity index (χ2v) is 4.19. The van der Waals surface area contributed by atoms with Crippen molar-refractivity contribution in [3.8, 4) is 0 Å². The summed E-state index contributed by atoms with van der Waals surface area (Å²) in [7, 11) is 0. The minimum atomic E-state index is -4.23. The van der Waals surface area contributed by atoms with Crippen LogP contribution in [0.1, 0.15) is 39.5 Å². The van der Waals surface area contributed by atoms with E-state index in [1.165, 1.54) is 0 Å². The monoisotopic (exact) mass is 223 g/mol.